The van der Waals surface area contributed by atoms with Crippen molar-refractivity contribution in [3.05, 3.63) is 34.9 Å². The van der Waals surface area contributed by atoms with E-state index in [9.17, 15) is 0 Å². The fourth-order valence-electron chi connectivity index (χ4n) is 2.65. The molecule has 8 heteroatoms. The summed E-state index contributed by atoms with van der Waals surface area (Å²) in [6.45, 7) is 0.787. The highest BCUT2D eigenvalue weighted by Crippen LogP contribution is 2.37. The topological polar surface area (TPSA) is 44.7 Å². The van der Waals surface area contributed by atoms with E-state index in [1.54, 1.807) is 22.7 Å². The van der Waals surface area contributed by atoms with E-state index in [1.165, 1.54) is 20.2 Å². The van der Waals surface area contributed by atoms with Crippen molar-refractivity contribution in [2.75, 3.05) is 25.1 Å². The van der Waals surface area contributed by atoms with Gasteiger partial charge < -0.3 is 20.1 Å². The molecule has 1 saturated heterocycles. The molecule has 1 aliphatic rings. The van der Waals surface area contributed by atoms with Gasteiger partial charge in [0.25, 0.3) is 5.17 Å². The van der Waals surface area contributed by atoms with Gasteiger partial charge in [0.05, 0.1) is 11.6 Å². The number of thiophene rings is 2. The normalized spacial score (nSPS) is 16.0. The lowest BCUT2D eigenvalue weighted by Gasteiger charge is -2.14. The van der Waals surface area contributed by atoms with Crippen LogP contribution in [0.3, 0.4) is 0 Å². The lowest BCUT2D eigenvalue weighted by molar-refractivity contribution is 0.304. The quantitative estimate of drug-likeness (QED) is 0.502. The number of benzene rings is 1. The molecule has 1 fully saturated rings. The van der Waals surface area contributed by atoms with Crippen molar-refractivity contribution < 1.29 is 9.84 Å². The number of hydrogen-bond acceptors (Lipinski definition) is 7. The van der Waals surface area contributed by atoms with Gasteiger partial charge in [-0.05, 0) is 47.3 Å². The number of aliphatic hydroxyl groups is 1. The van der Waals surface area contributed by atoms with Gasteiger partial charge in [-0.25, -0.2) is 0 Å². The first kappa shape index (κ1) is 16.9. The molecule has 0 saturated carbocycles. The number of nitrogens with zero attached hydrogens (tertiary/aromatic N) is 1. The molecule has 0 bridgehead atoms. The van der Waals surface area contributed by atoms with Crippen LogP contribution in [-0.4, -0.2) is 35.5 Å². The molecule has 0 aliphatic carbocycles. The summed E-state index contributed by atoms with van der Waals surface area (Å²) < 4.78 is 7.88. The standard InChI is InChI=1S/C17H14N2O2S4/c1-19(2-3-20)15-7-10-6-13-9(5-14(10)25-15)4-11(24-13)8-12-16(22)18-17(23)21-12/h4-8,20H,2-3H2,1H3,(H,18,22,23)/b12-8-. The summed E-state index contributed by atoms with van der Waals surface area (Å²) in [5.41, 5.74) is 0. The van der Waals surface area contributed by atoms with Crippen LogP contribution in [0.1, 0.15) is 4.88 Å². The third-order valence-electron chi connectivity index (χ3n) is 3.89. The van der Waals surface area contributed by atoms with Gasteiger partial charge in [-0.2, -0.15) is 0 Å². The molecule has 0 atom stereocenters. The molecule has 3 aromatic rings. The Morgan fingerprint density at radius 3 is 2.56 bits per heavy atom. The van der Waals surface area contributed by atoms with E-state index in [-0.39, 0.29) is 6.61 Å². The van der Waals surface area contributed by atoms with Crippen molar-refractivity contribution in [1.82, 2.24) is 5.32 Å². The van der Waals surface area contributed by atoms with Crippen molar-refractivity contribution in [3.8, 4) is 0 Å². The lowest BCUT2D eigenvalue weighted by atomic mass is 10.2. The van der Waals surface area contributed by atoms with Crippen LogP contribution in [-0.2, 0) is 4.74 Å². The van der Waals surface area contributed by atoms with Gasteiger partial charge in [0, 0.05) is 33.9 Å². The van der Waals surface area contributed by atoms with E-state index < -0.39 is 0 Å². The Labute approximate surface area is 163 Å². The van der Waals surface area contributed by atoms with Crippen LogP contribution in [0.5, 0.6) is 0 Å². The highest BCUT2D eigenvalue weighted by Gasteiger charge is 2.19. The Kier molecular flexibility index (Phi) is 4.47. The average molecular weight is 407 g/mol. The summed E-state index contributed by atoms with van der Waals surface area (Å²) in [5, 5.41) is 15.8. The zero-order valence-corrected chi connectivity index (χ0v) is 16.5. The molecule has 0 radical (unpaired) electrons. The zero-order valence-electron chi connectivity index (χ0n) is 13.2. The third kappa shape index (κ3) is 3.28. The van der Waals surface area contributed by atoms with Crippen LogP contribution in [0, 0.1) is 0 Å². The van der Waals surface area contributed by atoms with Crippen molar-refractivity contribution >= 4 is 88.5 Å². The van der Waals surface area contributed by atoms with E-state index in [1.807, 2.05) is 13.1 Å². The number of anilines is 1. The summed E-state index contributed by atoms with van der Waals surface area (Å²) in [6.07, 6.45) is 1.92. The molecule has 1 aliphatic heterocycles. The number of likely N-dealkylation sites (N-methyl/N-ethyl adjacent to an activating group) is 1. The van der Waals surface area contributed by atoms with Gasteiger partial charge in [-0.1, -0.05) is 12.2 Å². The Bertz CT molecular complexity index is 983. The molecule has 0 amide bonds. The first-order valence-corrected chi connectivity index (χ1v) is 10.0. The Hall–Kier alpha value is -1.58. The second-order valence-corrected chi connectivity index (χ2v) is 8.62. The zero-order chi connectivity index (χ0) is 17.6. The molecule has 128 valence electrons. The van der Waals surface area contributed by atoms with Gasteiger partial charge in [-0.3, -0.25) is 0 Å². The summed E-state index contributed by atoms with van der Waals surface area (Å²) in [6, 6.07) is 8.73. The van der Waals surface area contributed by atoms with Crippen LogP contribution >= 0.6 is 47.1 Å². The minimum Gasteiger partial charge on any atom is -0.428 e. The maximum atomic E-state index is 9.10. The third-order valence-corrected chi connectivity index (χ3v) is 6.63. The molecular formula is C17H14N2O2S4. The van der Waals surface area contributed by atoms with Gasteiger partial charge in [-0.15, -0.1) is 22.7 Å². The summed E-state index contributed by atoms with van der Waals surface area (Å²) in [5.74, 6) is 0.598. The molecule has 2 aromatic heterocycles. The number of ether oxygens (including phenoxy) is 1. The van der Waals surface area contributed by atoms with Crippen molar-refractivity contribution in [3.63, 3.8) is 0 Å². The lowest BCUT2D eigenvalue weighted by Crippen LogP contribution is -2.19. The predicted molar refractivity (Wildman–Crippen MR) is 115 cm³/mol. The Balaban J connectivity index is 1.71. The SMILES string of the molecule is CN(CCO)c1cc2cc3sc(/C=C4\OC(=S)NC4=S)cc3cc2s1. The van der Waals surface area contributed by atoms with Crippen LogP contribution in [0.25, 0.3) is 26.2 Å². The Morgan fingerprint density at radius 1 is 1.16 bits per heavy atom. The van der Waals surface area contributed by atoms with Crippen LogP contribution < -0.4 is 10.2 Å². The molecular weight excluding hydrogens is 392 g/mol. The minimum atomic E-state index is 0.153. The highest BCUT2D eigenvalue weighted by atomic mass is 32.1. The maximum absolute atomic E-state index is 9.10. The van der Waals surface area contributed by atoms with Gasteiger partial charge in [0.2, 0.25) is 0 Å². The van der Waals surface area contributed by atoms with E-state index in [4.69, 9.17) is 34.3 Å². The largest absolute Gasteiger partial charge is 0.428 e. The predicted octanol–water partition coefficient (Wildman–Crippen LogP) is 4.12. The number of rotatable bonds is 4. The fourth-order valence-corrected chi connectivity index (χ4v) is 5.21. The van der Waals surface area contributed by atoms with Crippen LogP contribution in [0.4, 0.5) is 5.00 Å². The molecule has 25 heavy (non-hydrogen) atoms. The molecule has 3 heterocycles. The number of nitrogens with one attached hydrogen (secondary N) is 1. The molecule has 2 N–H and O–H groups in total. The van der Waals surface area contributed by atoms with Gasteiger partial charge in [0.1, 0.15) is 4.99 Å². The first-order valence-electron chi connectivity index (χ1n) is 7.57. The fraction of sp³-hybridized carbons (Fsp3) is 0.176. The number of thiocarbonyl (C=S) groups is 2. The highest BCUT2D eigenvalue weighted by molar-refractivity contribution is 7.82. The van der Waals surface area contributed by atoms with Crippen LogP contribution in [0.2, 0.25) is 0 Å². The van der Waals surface area contributed by atoms with Crippen molar-refractivity contribution in [1.29, 1.82) is 0 Å². The Morgan fingerprint density at radius 2 is 1.88 bits per heavy atom. The summed E-state index contributed by atoms with van der Waals surface area (Å²) in [7, 11) is 2.00. The summed E-state index contributed by atoms with van der Waals surface area (Å²) >= 11 is 13.6. The molecule has 4 nitrogen and oxygen atoms in total. The number of aliphatic hydroxyl groups excluding tert-OH is 1. The van der Waals surface area contributed by atoms with Gasteiger partial charge in [0.15, 0.2) is 5.76 Å². The van der Waals surface area contributed by atoms with Crippen molar-refractivity contribution in [2.24, 2.45) is 0 Å². The number of fused-ring (bicyclic) bond motifs is 2. The first-order chi connectivity index (χ1) is 12.0. The van der Waals surface area contributed by atoms with E-state index in [2.05, 4.69) is 34.5 Å². The monoisotopic (exact) mass is 406 g/mol. The average Bonchev–Trinajstić information content (AvgIpc) is 3.22. The second-order valence-electron chi connectivity index (χ2n) is 5.66. The minimum absolute atomic E-state index is 0.153. The van der Waals surface area contributed by atoms with Gasteiger partial charge >= 0.3 is 0 Å². The molecule has 1 aromatic carbocycles. The van der Waals surface area contributed by atoms with Crippen LogP contribution in [0.15, 0.2) is 30.0 Å². The van der Waals surface area contributed by atoms with E-state index in [0.717, 1.165) is 9.88 Å². The van der Waals surface area contributed by atoms with E-state index >= 15 is 0 Å². The maximum Gasteiger partial charge on any atom is 0.267 e. The van der Waals surface area contributed by atoms with E-state index in [0.29, 0.717) is 22.5 Å². The molecule has 4 rings (SSSR count). The molecule has 0 spiro atoms. The van der Waals surface area contributed by atoms with Crippen molar-refractivity contribution in [2.45, 2.75) is 0 Å². The smallest absolute Gasteiger partial charge is 0.267 e. The second kappa shape index (κ2) is 6.62. The number of hydrogen-bond donors (Lipinski definition) is 2. The summed E-state index contributed by atoms with van der Waals surface area (Å²) in [4.78, 5) is 3.68. The molecule has 0 unspecified atom stereocenters.